The lowest BCUT2D eigenvalue weighted by molar-refractivity contribution is -0.146. The van der Waals surface area contributed by atoms with E-state index in [-0.39, 0.29) is 29.8 Å². The molecule has 3 rings (SSSR count). The monoisotopic (exact) mass is 542 g/mol. The zero-order chi connectivity index (χ0) is 28.8. The fraction of sp³-hybridized carbons (Fsp3) is 0.808. The van der Waals surface area contributed by atoms with E-state index in [0.29, 0.717) is 6.92 Å². The molecule has 3 aliphatic rings. The van der Waals surface area contributed by atoms with E-state index < -0.39 is 71.9 Å². The number of hydrogen-bond acceptors (Lipinski definition) is 5. The first-order valence-corrected chi connectivity index (χ1v) is 13.1. The molecule has 5 atom stereocenters. The zero-order valence-electron chi connectivity index (χ0n) is 22.9. The van der Waals surface area contributed by atoms with Crippen molar-refractivity contribution in [3.63, 3.8) is 0 Å². The molecule has 2 unspecified atom stereocenters. The molecule has 0 bridgehead atoms. The molecule has 12 heteroatoms. The molecular weight excluding hydrogens is 502 g/mol. The van der Waals surface area contributed by atoms with E-state index in [1.807, 2.05) is 13.8 Å². The van der Waals surface area contributed by atoms with Gasteiger partial charge in [-0.15, -0.1) is 0 Å². The number of amides is 4. The highest BCUT2D eigenvalue weighted by Crippen LogP contribution is 2.57. The largest absolute Gasteiger partial charge is 0.465 e. The maximum atomic E-state index is 13.7. The van der Waals surface area contributed by atoms with Gasteiger partial charge < -0.3 is 26.0 Å². The Labute approximate surface area is 221 Å². The van der Waals surface area contributed by atoms with Crippen LogP contribution in [0.5, 0.6) is 0 Å². The van der Waals surface area contributed by atoms with Crippen molar-refractivity contribution in [3.8, 4) is 0 Å². The van der Waals surface area contributed by atoms with Crippen molar-refractivity contribution < 1.29 is 37.9 Å². The Morgan fingerprint density at radius 2 is 1.66 bits per heavy atom. The molecule has 0 aromatic heterocycles. The van der Waals surface area contributed by atoms with Gasteiger partial charge in [-0.1, -0.05) is 34.6 Å². The van der Waals surface area contributed by atoms with Crippen LogP contribution in [0.2, 0.25) is 0 Å². The molecule has 1 saturated heterocycles. The zero-order valence-corrected chi connectivity index (χ0v) is 22.9. The Morgan fingerprint density at radius 1 is 1.05 bits per heavy atom. The van der Waals surface area contributed by atoms with Gasteiger partial charge in [-0.2, -0.15) is 0 Å². The van der Waals surface area contributed by atoms with Gasteiger partial charge in [0.2, 0.25) is 23.5 Å². The van der Waals surface area contributed by atoms with Gasteiger partial charge in [0.15, 0.2) is 0 Å². The number of halogens is 2. The number of rotatable bonds is 10. The van der Waals surface area contributed by atoms with E-state index >= 15 is 0 Å². The van der Waals surface area contributed by atoms with E-state index in [4.69, 9.17) is 0 Å². The van der Waals surface area contributed by atoms with Gasteiger partial charge in [0.05, 0.1) is 6.04 Å². The smallest absolute Gasteiger partial charge is 0.405 e. The van der Waals surface area contributed by atoms with E-state index in [0.717, 1.165) is 19.3 Å². The molecule has 2 saturated carbocycles. The summed E-state index contributed by atoms with van der Waals surface area (Å²) in [5.41, 5.74) is -1.13. The lowest BCUT2D eigenvalue weighted by atomic mass is 9.55. The van der Waals surface area contributed by atoms with Gasteiger partial charge in [-0.25, -0.2) is 13.6 Å². The van der Waals surface area contributed by atoms with E-state index in [1.54, 1.807) is 20.8 Å². The summed E-state index contributed by atoms with van der Waals surface area (Å²) in [6.07, 6.45) is -0.365. The lowest BCUT2D eigenvalue weighted by Crippen LogP contribution is -2.61. The van der Waals surface area contributed by atoms with Gasteiger partial charge in [-0.3, -0.25) is 19.2 Å². The average Bonchev–Trinajstić information content (AvgIpc) is 3.50. The molecule has 1 heterocycles. The van der Waals surface area contributed by atoms with E-state index in [2.05, 4.69) is 16.0 Å². The third kappa shape index (κ3) is 6.79. The molecular formula is C26H40F2N4O6. The molecule has 38 heavy (non-hydrogen) atoms. The number of fused-ring (bicyclic) bond motifs is 1. The fourth-order valence-electron chi connectivity index (χ4n) is 5.88. The molecule has 1 aliphatic heterocycles. The molecule has 10 nitrogen and oxygen atoms in total. The topological polar surface area (TPSA) is 145 Å². The number of likely N-dealkylation sites (tertiary alicyclic amines) is 1. The number of nitrogens with one attached hydrogen (secondary N) is 3. The fourth-order valence-corrected chi connectivity index (χ4v) is 5.88. The molecule has 3 fully saturated rings. The highest BCUT2D eigenvalue weighted by Gasteiger charge is 2.61. The van der Waals surface area contributed by atoms with Crippen LogP contribution in [0.25, 0.3) is 0 Å². The van der Waals surface area contributed by atoms with E-state index in [1.165, 1.54) is 4.90 Å². The third-order valence-electron chi connectivity index (χ3n) is 7.88. The van der Waals surface area contributed by atoms with E-state index in [9.17, 15) is 37.9 Å². The Kier molecular flexibility index (Phi) is 8.15. The SMILES string of the molecule is CC(F)(F)CCC(NC(=O)[C@@H]1[C@@H]2[C@H](CN1C(=O)C(NC(=O)O)C(C)(C)C)CC2(C)C)C(=O)C(=O)NC1CC1. The Bertz CT molecular complexity index is 985. The number of hydrogen-bond donors (Lipinski definition) is 4. The highest BCUT2D eigenvalue weighted by atomic mass is 19.3. The summed E-state index contributed by atoms with van der Waals surface area (Å²) in [5.74, 6) is -6.62. The number of ketones is 1. The number of Topliss-reactive ketones (excluding diaryl/α,β-unsaturated/α-hetero) is 1. The maximum Gasteiger partial charge on any atom is 0.405 e. The van der Waals surface area contributed by atoms with Crippen molar-refractivity contribution in [2.45, 2.75) is 104 Å². The number of carbonyl (C=O) groups excluding carboxylic acids is 4. The quantitative estimate of drug-likeness (QED) is 0.312. The first kappa shape index (κ1) is 29.8. The summed E-state index contributed by atoms with van der Waals surface area (Å²) in [7, 11) is 0. The normalized spacial score (nSPS) is 25.9. The van der Waals surface area contributed by atoms with Gasteiger partial charge in [0, 0.05) is 19.0 Å². The summed E-state index contributed by atoms with van der Waals surface area (Å²) in [6, 6.07) is -3.80. The van der Waals surface area contributed by atoms with Gasteiger partial charge in [0.25, 0.3) is 5.91 Å². The average molecular weight is 543 g/mol. The minimum Gasteiger partial charge on any atom is -0.465 e. The third-order valence-corrected chi connectivity index (χ3v) is 7.88. The van der Waals surface area contributed by atoms with Crippen LogP contribution >= 0.6 is 0 Å². The van der Waals surface area contributed by atoms with Gasteiger partial charge in [0.1, 0.15) is 12.1 Å². The Balaban J connectivity index is 1.88. The predicted octanol–water partition coefficient (Wildman–Crippen LogP) is 2.31. The molecule has 2 aliphatic carbocycles. The molecule has 4 amide bonds. The standard InChI is InChI=1S/C26H40F2N4O6/c1-24(2,3)19(31-23(37)38)22(36)32-12-13-11-25(4,5)16(13)17(32)20(34)30-15(9-10-26(6,27)28)18(33)21(35)29-14-7-8-14/h13-17,19,31H,7-12H2,1-6H3,(H,29,35)(H,30,34)(H,37,38)/t13-,15?,16-,17-,19?/m0/s1. The molecule has 0 aromatic rings. The number of nitrogens with zero attached hydrogens (tertiary/aromatic N) is 1. The summed E-state index contributed by atoms with van der Waals surface area (Å²) >= 11 is 0. The van der Waals surface area contributed by atoms with Crippen molar-refractivity contribution in [1.29, 1.82) is 0 Å². The van der Waals surface area contributed by atoms with Crippen LogP contribution in [0.15, 0.2) is 0 Å². The van der Waals surface area contributed by atoms with Gasteiger partial charge in [-0.05, 0) is 55.3 Å². The van der Waals surface area contributed by atoms with Gasteiger partial charge >= 0.3 is 6.09 Å². The number of carboxylic acid groups (broad SMARTS) is 1. The van der Waals surface area contributed by atoms with Crippen LogP contribution < -0.4 is 16.0 Å². The molecule has 0 aromatic carbocycles. The summed E-state index contributed by atoms with van der Waals surface area (Å²) < 4.78 is 27.3. The van der Waals surface area contributed by atoms with Crippen molar-refractivity contribution in [2.24, 2.45) is 22.7 Å². The first-order valence-electron chi connectivity index (χ1n) is 13.1. The van der Waals surface area contributed by atoms with Crippen molar-refractivity contribution >= 4 is 29.6 Å². The second-order valence-corrected chi connectivity index (χ2v) is 12.9. The number of carbonyl (C=O) groups is 5. The minimum absolute atomic E-state index is 0.0116. The van der Waals surface area contributed by atoms with Crippen LogP contribution in [-0.4, -0.2) is 76.2 Å². The molecule has 0 radical (unpaired) electrons. The highest BCUT2D eigenvalue weighted by molar-refractivity contribution is 6.38. The van der Waals surface area contributed by atoms with Crippen molar-refractivity contribution in [3.05, 3.63) is 0 Å². The summed E-state index contributed by atoms with van der Waals surface area (Å²) in [4.78, 5) is 65.5. The van der Waals surface area contributed by atoms with Crippen LogP contribution in [-0.2, 0) is 19.2 Å². The minimum atomic E-state index is -3.12. The lowest BCUT2D eigenvalue weighted by Gasteiger charge is -2.49. The second kappa shape index (κ2) is 10.4. The van der Waals surface area contributed by atoms with Crippen LogP contribution in [0.1, 0.15) is 73.6 Å². The molecule has 0 spiro atoms. The Morgan fingerprint density at radius 3 is 2.13 bits per heavy atom. The van der Waals surface area contributed by atoms with Crippen molar-refractivity contribution in [1.82, 2.24) is 20.9 Å². The molecule has 4 N–H and O–H groups in total. The molecule has 214 valence electrons. The second-order valence-electron chi connectivity index (χ2n) is 12.9. The first-order chi connectivity index (χ1) is 17.3. The maximum absolute atomic E-state index is 13.7. The van der Waals surface area contributed by atoms with Crippen LogP contribution in [0, 0.1) is 22.7 Å². The summed E-state index contributed by atoms with van der Waals surface area (Å²) in [6.45, 7) is 9.95. The van der Waals surface area contributed by atoms with Crippen LogP contribution in [0.3, 0.4) is 0 Å². The van der Waals surface area contributed by atoms with Crippen molar-refractivity contribution in [2.75, 3.05) is 6.54 Å². The Hall–Kier alpha value is -2.79. The predicted molar refractivity (Wildman–Crippen MR) is 133 cm³/mol. The van der Waals surface area contributed by atoms with Crippen LogP contribution in [0.4, 0.5) is 13.6 Å². The number of alkyl halides is 2. The summed E-state index contributed by atoms with van der Waals surface area (Å²) in [5, 5.41) is 16.7.